The number of halogens is 4. The predicted molar refractivity (Wildman–Crippen MR) is 159 cm³/mol. The lowest BCUT2D eigenvalue weighted by Crippen LogP contribution is -2.36. The molecular formula is C27H20BrCl3N2O5S. The molecule has 12 heteroatoms. The lowest BCUT2D eigenvalue weighted by molar-refractivity contribution is -0.127. The molecule has 1 aliphatic rings. The summed E-state index contributed by atoms with van der Waals surface area (Å²) in [5.41, 5.74) is 1.82. The van der Waals surface area contributed by atoms with E-state index in [1.54, 1.807) is 60.7 Å². The highest BCUT2D eigenvalue weighted by Crippen LogP contribution is 2.35. The maximum atomic E-state index is 12.9. The van der Waals surface area contributed by atoms with Gasteiger partial charge in [-0.2, -0.15) is 0 Å². The number of carbonyl (C=O) groups excluding carboxylic acids is 3. The molecule has 3 aromatic rings. The largest absolute Gasteiger partial charge is 0.490 e. The number of ether oxygens (including phenoxy) is 2. The third-order valence-corrected chi connectivity index (χ3v) is 8.07. The second-order valence-corrected chi connectivity index (χ2v) is 11.2. The van der Waals surface area contributed by atoms with Crippen molar-refractivity contribution in [2.24, 2.45) is 0 Å². The molecule has 0 aromatic heterocycles. The Kier molecular flexibility index (Phi) is 9.85. The first-order chi connectivity index (χ1) is 18.6. The van der Waals surface area contributed by atoms with Gasteiger partial charge in [-0.1, -0.05) is 46.9 Å². The molecule has 0 aliphatic carbocycles. The first kappa shape index (κ1) is 29.3. The number of hydrogen-bond donors (Lipinski definition) is 1. The molecule has 1 heterocycles. The van der Waals surface area contributed by atoms with Crippen LogP contribution < -0.4 is 14.8 Å². The molecule has 0 saturated carbocycles. The van der Waals surface area contributed by atoms with E-state index in [0.29, 0.717) is 48.9 Å². The Morgan fingerprint density at radius 2 is 1.79 bits per heavy atom. The van der Waals surface area contributed by atoms with E-state index in [-0.39, 0.29) is 11.5 Å². The lowest BCUT2D eigenvalue weighted by atomic mass is 10.1. The van der Waals surface area contributed by atoms with Gasteiger partial charge >= 0.3 is 0 Å². The molecular weight excluding hydrogens is 651 g/mol. The molecule has 1 fully saturated rings. The van der Waals surface area contributed by atoms with Gasteiger partial charge < -0.3 is 14.8 Å². The maximum Gasteiger partial charge on any atom is 0.294 e. The Bertz CT molecular complexity index is 1480. The first-order valence-electron chi connectivity index (χ1n) is 11.5. The van der Waals surface area contributed by atoms with Crippen LogP contribution >= 0.6 is 62.5 Å². The fourth-order valence-electron chi connectivity index (χ4n) is 3.50. The monoisotopic (exact) mass is 668 g/mol. The van der Waals surface area contributed by atoms with Gasteiger partial charge in [0.05, 0.1) is 16.5 Å². The second kappa shape index (κ2) is 13.1. The minimum atomic E-state index is -0.565. The third kappa shape index (κ3) is 7.49. The fourth-order valence-corrected chi connectivity index (χ4v) is 5.23. The molecule has 202 valence electrons. The summed E-state index contributed by atoms with van der Waals surface area (Å²) in [5, 5.41) is 3.53. The van der Waals surface area contributed by atoms with Crippen molar-refractivity contribution >= 4 is 91.3 Å². The molecule has 1 N–H and O–H groups in total. The molecule has 3 amide bonds. The van der Waals surface area contributed by atoms with Crippen LogP contribution in [0.3, 0.4) is 0 Å². The van der Waals surface area contributed by atoms with Gasteiger partial charge in [-0.05, 0) is 88.7 Å². The van der Waals surface area contributed by atoms with Crippen molar-refractivity contribution in [1.82, 2.24) is 4.90 Å². The molecule has 0 bridgehead atoms. The number of benzene rings is 3. The Hall–Kier alpha value is -2.69. The summed E-state index contributed by atoms with van der Waals surface area (Å²) >= 11 is 22.3. The Morgan fingerprint density at radius 3 is 2.51 bits per heavy atom. The topological polar surface area (TPSA) is 84.9 Å². The van der Waals surface area contributed by atoms with Crippen molar-refractivity contribution in [2.45, 2.75) is 13.5 Å². The zero-order valence-corrected chi connectivity index (χ0v) is 25.0. The van der Waals surface area contributed by atoms with Gasteiger partial charge in [-0.15, -0.1) is 0 Å². The summed E-state index contributed by atoms with van der Waals surface area (Å²) < 4.78 is 12.3. The summed E-state index contributed by atoms with van der Waals surface area (Å²) in [4.78, 5) is 39.0. The summed E-state index contributed by atoms with van der Waals surface area (Å²) in [7, 11) is 0. The number of nitrogens with zero attached hydrogens (tertiary/aromatic N) is 1. The average molecular weight is 671 g/mol. The minimum Gasteiger partial charge on any atom is -0.490 e. The summed E-state index contributed by atoms with van der Waals surface area (Å²) in [6.45, 7) is 1.99. The zero-order valence-electron chi connectivity index (χ0n) is 20.3. The van der Waals surface area contributed by atoms with Gasteiger partial charge in [0.2, 0.25) is 5.91 Å². The van der Waals surface area contributed by atoms with Crippen LogP contribution in [0.2, 0.25) is 15.1 Å². The number of rotatable bonds is 9. The van der Waals surface area contributed by atoms with Crippen LogP contribution in [0.4, 0.5) is 10.5 Å². The number of nitrogens with one attached hydrogen (secondary N) is 1. The number of thioether (sulfide) groups is 1. The van der Waals surface area contributed by atoms with E-state index in [2.05, 4.69) is 21.2 Å². The number of carbonyl (C=O) groups is 3. The second-order valence-electron chi connectivity index (χ2n) is 8.11. The molecule has 1 aliphatic heterocycles. The van der Waals surface area contributed by atoms with Crippen LogP contribution in [0.1, 0.15) is 18.1 Å². The van der Waals surface area contributed by atoms with Crippen LogP contribution in [0.25, 0.3) is 6.08 Å². The molecule has 39 heavy (non-hydrogen) atoms. The van der Waals surface area contributed by atoms with E-state index in [4.69, 9.17) is 44.3 Å². The highest BCUT2D eigenvalue weighted by molar-refractivity contribution is 9.10. The Morgan fingerprint density at radius 1 is 1.00 bits per heavy atom. The van der Waals surface area contributed by atoms with Crippen molar-refractivity contribution < 1.29 is 23.9 Å². The Labute approximate surface area is 252 Å². The molecule has 0 atom stereocenters. The van der Waals surface area contributed by atoms with Gasteiger partial charge in [-0.25, -0.2) is 0 Å². The standard InChI is InChI=1S/C27H20BrCl3N2O5S/c1-2-37-23-9-15(3-8-22(23)38-14-16-4-5-17(29)11-20(16)30)10-24-26(35)33(27(36)39-24)13-25(34)32-18-6-7-19(28)21(31)12-18/h3-12H,2,13-14H2,1H3,(H,32,34)/b24-10+. The van der Waals surface area contributed by atoms with Gasteiger partial charge in [-0.3, -0.25) is 19.3 Å². The molecule has 3 aromatic carbocycles. The number of imide groups is 1. The highest BCUT2D eigenvalue weighted by Gasteiger charge is 2.36. The van der Waals surface area contributed by atoms with Crippen LogP contribution in [0, 0.1) is 0 Å². The third-order valence-electron chi connectivity index (χ3n) is 5.34. The molecule has 4 rings (SSSR count). The van der Waals surface area contributed by atoms with E-state index in [0.717, 1.165) is 22.2 Å². The van der Waals surface area contributed by atoms with Gasteiger partial charge in [0.1, 0.15) is 13.2 Å². The van der Waals surface area contributed by atoms with Crippen molar-refractivity contribution in [2.75, 3.05) is 18.5 Å². The van der Waals surface area contributed by atoms with Crippen molar-refractivity contribution in [3.63, 3.8) is 0 Å². The number of anilines is 1. The van der Waals surface area contributed by atoms with Gasteiger partial charge in [0.15, 0.2) is 11.5 Å². The molecule has 0 unspecified atom stereocenters. The van der Waals surface area contributed by atoms with E-state index >= 15 is 0 Å². The van der Waals surface area contributed by atoms with Crippen molar-refractivity contribution in [3.8, 4) is 11.5 Å². The van der Waals surface area contributed by atoms with Crippen LogP contribution in [-0.4, -0.2) is 35.1 Å². The summed E-state index contributed by atoms with van der Waals surface area (Å²) in [6, 6.07) is 15.2. The fraction of sp³-hybridized carbons (Fsp3) is 0.148. The van der Waals surface area contributed by atoms with Crippen LogP contribution in [0.5, 0.6) is 11.5 Å². The average Bonchev–Trinajstić information content (AvgIpc) is 3.14. The molecule has 1 saturated heterocycles. The smallest absolute Gasteiger partial charge is 0.294 e. The highest BCUT2D eigenvalue weighted by atomic mass is 79.9. The normalized spacial score (nSPS) is 14.2. The van der Waals surface area contributed by atoms with Crippen molar-refractivity contribution in [3.05, 3.63) is 90.2 Å². The summed E-state index contributed by atoms with van der Waals surface area (Å²) in [5.74, 6) is -0.150. The number of hydrogen-bond acceptors (Lipinski definition) is 6. The summed E-state index contributed by atoms with van der Waals surface area (Å²) in [6.07, 6.45) is 1.57. The molecule has 0 radical (unpaired) electrons. The zero-order chi connectivity index (χ0) is 28.1. The quantitative estimate of drug-likeness (QED) is 0.232. The van der Waals surface area contributed by atoms with Crippen LogP contribution in [-0.2, 0) is 16.2 Å². The SMILES string of the molecule is CCOc1cc(/C=C2/SC(=O)N(CC(=O)Nc3ccc(Br)c(Cl)c3)C2=O)ccc1OCc1ccc(Cl)cc1Cl. The minimum absolute atomic E-state index is 0.184. The lowest BCUT2D eigenvalue weighted by Gasteiger charge is -2.14. The van der Waals surface area contributed by atoms with E-state index < -0.39 is 23.6 Å². The van der Waals surface area contributed by atoms with E-state index in [1.165, 1.54) is 0 Å². The number of amides is 3. The Balaban J connectivity index is 1.45. The van der Waals surface area contributed by atoms with Crippen molar-refractivity contribution in [1.29, 1.82) is 0 Å². The van der Waals surface area contributed by atoms with Gasteiger partial charge in [0, 0.05) is 25.8 Å². The molecule has 7 nitrogen and oxygen atoms in total. The van der Waals surface area contributed by atoms with Gasteiger partial charge in [0.25, 0.3) is 11.1 Å². The maximum absolute atomic E-state index is 12.9. The van der Waals surface area contributed by atoms with E-state index in [9.17, 15) is 14.4 Å². The molecule has 0 spiro atoms. The van der Waals surface area contributed by atoms with E-state index in [1.807, 2.05) is 6.92 Å². The predicted octanol–water partition coefficient (Wildman–Crippen LogP) is 8.06. The van der Waals surface area contributed by atoms with Crippen LogP contribution in [0.15, 0.2) is 64.0 Å². The first-order valence-corrected chi connectivity index (χ1v) is 14.2.